The van der Waals surface area contributed by atoms with Crippen LogP contribution in [0.4, 0.5) is 11.9 Å². The van der Waals surface area contributed by atoms with Crippen LogP contribution in [-0.4, -0.2) is 68.3 Å². The molecule has 2 aromatic rings. The van der Waals surface area contributed by atoms with Gasteiger partial charge in [-0.05, 0) is 34.0 Å². The van der Waals surface area contributed by atoms with E-state index in [1.807, 2.05) is 0 Å². The second kappa shape index (κ2) is 6.93. The number of anilines is 2. The normalized spacial score (nSPS) is 11.0. The van der Waals surface area contributed by atoms with E-state index in [0.29, 0.717) is 11.9 Å². The van der Waals surface area contributed by atoms with Crippen molar-refractivity contribution in [1.82, 2.24) is 34.6 Å². The third-order valence-corrected chi connectivity index (χ3v) is 2.95. The highest BCUT2D eigenvalue weighted by Crippen LogP contribution is 2.11. The summed E-state index contributed by atoms with van der Waals surface area (Å²) in [5, 5.41) is 4.01. The van der Waals surface area contributed by atoms with Gasteiger partial charge in [0, 0.05) is 13.1 Å². The van der Waals surface area contributed by atoms with E-state index in [0.717, 1.165) is 26.1 Å². The Morgan fingerprint density at radius 1 is 1.19 bits per heavy atom. The zero-order valence-corrected chi connectivity index (χ0v) is 12.6. The van der Waals surface area contributed by atoms with Crippen molar-refractivity contribution in [1.29, 1.82) is 0 Å². The summed E-state index contributed by atoms with van der Waals surface area (Å²) in [6.07, 6.45) is 3.97. The summed E-state index contributed by atoms with van der Waals surface area (Å²) in [4.78, 5) is 20.8. The minimum Gasteiger partial charge on any atom is -0.368 e. The molecule has 0 radical (unpaired) electrons. The van der Waals surface area contributed by atoms with Crippen molar-refractivity contribution in [2.75, 3.05) is 44.4 Å². The Kier molecular flexibility index (Phi) is 4.99. The first kappa shape index (κ1) is 15.1. The van der Waals surface area contributed by atoms with Crippen molar-refractivity contribution in [3.63, 3.8) is 0 Å². The van der Waals surface area contributed by atoms with Crippen LogP contribution < -0.4 is 10.6 Å². The highest BCUT2D eigenvalue weighted by Gasteiger charge is 2.12. The Hall–Kier alpha value is -2.29. The molecule has 2 N–H and O–H groups in total. The summed E-state index contributed by atoms with van der Waals surface area (Å²) in [5.41, 5.74) is 5.78. The van der Waals surface area contributed by atoms with Crippen LogP contribution in [0.2, 0.25) is 0 Å². The molecule has 0 aromatic carbocycles. The minimum atomic E-state index is 0.177. The van der Waals surface area contributed by atoms with Crippen molar-refractivity contribution in [2.24, 2.45) is 0 Å². The predicted molar refractivity (Wildman–Crippen MR) is 80.2 cm³/mol. The molecule has 9 nitrogen and oxygen atoms in total. The second-order valence-electron chi connectivity index (χ2n) is 4.87. The quantitative estimate of drug-likeness (QED) is 0.749. The van der Waals surface area contributed by atoms with Crippen LogP contribution in [0.1, 0.15) is 13.3 Å². The standard InChI is InChI=1S/C12H21N9/c1-4-20(7-5-6-19(2)3)11-16-10(13)17-12(18-11)21-9-14-8-15-21/h8-9H,4-7H2,1-3H3,(H2,13,16,17,18). The van der Waals surface area contributed by atoms with Crippen LogP contribution >= 0.6 is 0 Å². The molecule has 21 heavy (non-hydrogen) atoms. The van der Waals surface area contributed by atoms with E-state index in [1.165, 1.54) is 17.3 Å². The maximum Gasteiger partial charge on any atom is 0.258 e. The molecule has 0 spiro atoms. The smallest absolute Gasteiger partial charge is 0.258 e. The van der Waals surface area contributed by atoms with E-state index in [9.17, 15) is 0 Å². The van der Waals surface area contributed by atoms with Crippen LogP contribution in [0.15, 0.2) is 12.7 Å². The molecule has 9 heteroatoms. The van der Waals surface area contributed by atoms with Gasteiger partial charge in [0.05, 0.1) is 0 Å². The van der Waals surface area contributed by atoms with Gasteiger partial charge in [-0.25, -0.2) is 4.98 Å². The summed E-state index contributed by atoms with van der Waals surface area (Å²) >= 11 is 0. The van der Waals surface area contributed by atoms with Crippen molar-refractivity contribution in [3.8, 4) is 5.95 Å². The molecule has 0 saturated heterocycles. The highest BCUT2D eigenvalue weighted by molar-refractivity contribution is 5.37. The molecule has 2 heterocycles. The zero-order chi connectivity index (χ0) is 15.2. The van der Waals surface area contributed by atoms with Crippen LogP contribution in [0.5, 0.6) is 0 Å². The molecule has 0 unspecified atom stereocenters. The summed E-state index contributed by atoms with van der Waals surface area (Å²) in [6.45, 7) is 4.72. The summed E-state index contributed by atoms with van der Waals surface area (Å²) in [5.74, 6) is 1.12. The fourth-order valence-corrected chi connectivity index (χ4v) is 1.90. The van der Waals surface area contributed by atoms with Gasteiger partial charge in [-0.2, -0.15) is 24.7 Å². The van der Waals surface area contributed by atoms with Gasteiger partial charge in [-0.3, -0.25) is 0 Å². The first-order chi connectivity index (χ1) is 10.1. The lowest BCUT2D eigenvalue weighted by atomic mass is 10.3. The summed E-state index contributed by atoms with van der Waals surface area (Å²) in [7, 11) is 4.11. The van der Waals surface area contributed by atoms with E-state index in [1.54, 1.807) is 0 Å². The molecule has 114 valence electrons. The van der Waals surface area contributed by atoms with Crippen molar-refractivity contribution >= 4 is 11.9 Å². The van der Waals surface area contributed by atoms with E-state index in [-0.39, 0.29) is 5.95 Å². The average molecular weight is 291 g/mol. The third kappa shape index (κ3) is 4.09. The number of aromatic nitrogens is 6. The van der Waals surface area contributed by atoms with Crippen LogP contribution in [0.25, 0.3) is 5.95 Å². The molecule has 0 aliphatic rings. The average Bonchev–Trinajstić information content (AvgIpc) is 2.96. The fraction of sp³-hybridized carbons (Fsp3) is 0.583. The molecule has 0 amide bonds. The van der Waals surface area contributed by atoms with Crippen molar-refractivity contribution < 1.29 is 0 Å². The Morgan fingerprint density at radius 2 is 2.00 bits per heavy atom. The van der Waals surface area contributed by atoms with Gasteiger partial charge >= 0.3 is 0 Å². The molecule has 2 aromatic heterocycles. The molecule has 0 aliphatic carbocycles. The van der Waals surface area contributed by atoms with Crippen LogP contribution in [0.3, 0.4) is 0 Å². The van der Waals surface area contributed by atoms with Crippen LogP contribution in [0, 0.1) is 0 Å². The molecule has 0 saturated carbocycles. The molecular weight excluding hydrogens is 270 g/mol. The van der Waals surface area contributed by atoms with Crippen molar-refractivity contribution in [3.05, 3.63) is 12.7 Å². The lowest BCUT2D eigenvalue weighted by Crippen LogP contribution is -2.29. The predicted octanol–water partition coefficient (Wildman–Crippen LogP) is -0.187. The Bertz CT molecular complexity index is 552. The maximum atomic E-state index is 5.78. The number of hydrogen-bond donors (Lipinski definition) is 1. The lowest BCUT2D eigenvalue weighted by Gasteiger charge is -2.22. The van der Waals surface area contributed by atoms with Crippen LogP contribution in [-0.2, 0) is 0 Å². The minimum absolute atomic E-state index is 0.177. The van der Waals surface area contributed by atoms with Gasteiger partial charge in [0.15, 0.2) is 0 Å². The zero-order valence-electron chi connectivity index (χ0n) is 12.6. The Morgan fingerprint density at radius 3 is 2.62 bits per heavy atom. The van der Waals surface area contributed by atoms with Gasteiger partial charge in [0.2, 0.25) is 11.9 Å². The highest BCUT2D eigenvalue weighted by atomic mass is 15.4. The third-order valence-electron chi connectivity index (χ3n) is 2.95. The summed E-state index contributed by atoms with van der Waals surface area (Å²) in [6, 6.07) is 0. The molecule has 2 rings (SSSR count). The van der Waals surface area contributed by atoms with Gasteiger partial charge < -0.3 is 15.5 Å². The number of hydrogen-bond acceptors (Lipinski definition) is 8. The van der Waals surface area contributed by atoms with E-state index < -0.39 is 0 Å². The number of nitrogens with zero attached hydrogens (tertiary/aromatic N) is 8. The summed E-state index contributed by atoms with van der Waals surface area (Å²) < 4.78 is 1.47. The Balaban J connectivity index is 2.17. The molecule has 0 fully saturated rings. The van der Waals surface area contributed by atoms with Gasteiger partial charge in [0.25, 0.3) is 5.95 Å². The SMILES string of the molecule is CCN(CCCN(C)C)c1nc(N)nc(-n2cncn2)n1. The van der Waals surface area contributed by atoms with E-state index >= 15 is 0 Å². The number of nitrogens with two attached hydrogens (primary N) is 1. The topological polar surface area (TPSA) is 102 Å². The largest absolute Gasteiger partial charge is 0.368 e. The van der Waals surface area contributed by atoms with Crippen molar-refractivity contribution in [2.45, 2.75) is 13.3 Å². The monoisotopic (exact) mass is 291 g/mol. The van der Waals surface area contributed by atoms with Gasteiger partial charge in [-0.15, -0.1) is 0 Å². The first-order valence-corrected chi connectivity index (χ1v) is 6.86. The first-order valence-electron chi connectivity index (χ1n) is 6.86. The van der Waals surface area contributed by atoms with E-state index in [2.05, 4.69) is 55.9 Å². The number of nitrogen functional groups attached to an aromatic ring is 1. The second-order valence-corrected chi connectivity index (χ2v) is 4.87. The molecule has 0 atom stereocenters. The maximum absolute atomic E-state index is 5.78. The lowest BCUT2D eigenvalue weighted by molar-refractivity contribution is 0.400. The molecule has 0 bridgehead atoms. The molecular formula is C12H21N9. The number of rotatable bonds is 7. The van der Waals surface area contributed by atoms with Gasteiger partial charge in [0.1, 0.15) is 12.7 Å². The Labute approximate surface area is 123 Å². The van der Waals surface area contributed by atoms with Gasteiger partial charge in [-0.1, -0.05) is 0 Å². The van der Waals surface area contributed by atoms with E-state index in [4.69, 9.17) is 5.73 Å². The fourth-order valence-electron chi connectivity index (χ4n) is 1.90. The molecule has 0 aliphatic heterocycles.